The van der Waals surface area contributed by atoms with Crippen LogP contribution in [0.1, 0.15) is 43.5 Å². The highest BCUT2D eigenvalue weighted by Crippen LogP contribution is 2.15. The highest BCUT2D eigenvalue weighted by atomic mass is 35.5. The van der Waals surface area contributed by atoms with E-state index in [2.05, 4.69) is 22.4 Å². The van der Waals surface area contributed by atoms with Crippen LogP contribution in [-0.4, -0.2) is 22.1 Å². The Morgan fingerprint density at radius 2 is 2.18 bits per heavy atom. The Bertz CT molecular complexity index is 398. The summed E-state index contributed by atoms with van der Waals surface area (Å²) in [6, 6.07) is 1.52. The smallest absolute Gasteiger partial charge is 0.254 e. The quantitative estimate of drug-likeness (QED) is 0.899. The van der Waals surface area contributed by atoms with Crippen LogP contribution in [0.3, 0.4) is 0 Å². The van der Waals surface area contributed by atoms with Crippen molar-refractivity contribution in [1.29, 1.82) is 0 Å². The minimum atomic E-state index is -0.268. The van der Waals surface area contributed by atoms with Crippen LogP contribution in [0.2, 0.25) is 10.3 Å². The first kappa shape index (κ1) is 14.2. The van der Waals surface area contributed by atoms with Crippen molar-refractivity contribution >= 4 is 29.1 Å². The SMILES string of the molecule is CCCCC(C)NC(=O)c1cc(Cl)nnc1Cl. The van der Waals surface area contributed by atoms with Crippen LogP contribution >= 0.6 is 23.2 Å². The maximum atomic E-state index is 11.9. The lowest BCUT2D eigenvalue weighted by Gasteiger charge is -2.13. The Labute approximate surface area is 111 Å². The van der Waals surface area contributed by atoms with Crippen molar-refractivity contribution in [3.63, 3.8) is 0 Å². The molecule has 0 fully saturated rings. The van der Waals surface area contributed by atoms with E-state index in [0.29, 0.717) is 0 Å². The summed E-state index contributed by atoms with van der Waals surface area (Å²) in [6.45, 7) is 4.07. The van der Waals surface area contributed by atoms with Gasteiger partial charge in [-0.2, -0.15) is 0 Å². The number of hydrogen-bond donors (Lipinski definition) is 1. The lowest BCUT2D eigenvalue weighted by Crippen LogP contribution is -2.32. The summed E-state index contributed by atoms with van der Waals surface area (Å²) in [7, 11) is 0. The third kappa shape index (κ3) is 4.48. The Balaban J connectivity index is 2.66. The number of halogens is 2. The van der Waals surface area contributed by atoms with Gasteiger partial charge in [0.05, 0.1) is 5.56 Å². The minimum absolute atomic E-state index is 0.0644. The number of nitrogens with zero attached hydrogens (tertiary/aromatic N) is 2. The lowest BCUT2D eigenvalue weighted by atomic mass is 10.1. The molecule has 17 heavy (non-hydrogen) atoms. The number of nitrogens with one attached hydrogen (secondary N) is 1. The van der Waals surface area contributed by atoms with Gasteiger partial charge in [-0.3, -0.25) is 4.79 Å². The fraction of sp³-hybridized carbons (Fsp3) is 0.545. The number of carbonyl (C=O) groups is 1. The minimum Gasteiger partial charge on any atom is -0.349 e. The topological polar surface area (TPSA) is 54.9 Å². The molecule has 4 nitrogen and oxygen atoms in total. The van der Waals surface area contributed by atoms with Gasteiger partial charge in [-0.15, -0.1) is 10.2 Å². The Hall–Kier alpha value is -0.870. The Kier molecular flexibility index (Phi) is 5.65. The molecule has 1 N–H and O–H groups in total. The summed E-state index contributed by atoms with van der Waals surface area (Å²) in [6.07, 6.45) is 3.11. The summed E-state index contributed by atoms with van der Waals surface area (Å²) in [5.41, 5.74) is 0.259. The summed E-state index contributed by atoms with van der Waals surface area (Å²) in [5.74, 6) is -0.268. The van der Waals surface area contributed by atoms with Gasteiger partial charge in [-0.25, -0.2) is 0 Å². The summed E-state index contributed by atoms with van der Waals surface area (Å²) in [5, 5.41) is 10.2. The zero-order valence-corrected chi connectivity index (χ0v) is 11.3. The molecular weight excluding hydrogens is 261 g/mol. The second-order valence-corrected chi connectivity index (χ2v) is 4.63. The van der Waals surface area contributed by atoms with Gasteiger partial charge in [0, 0.05) is 6.04 Å². The van der Waals surface area contributed by atoms with Crippen molar-refractivity contribution < 1.29 is 4.79 Å². The number of rotatable bonds is 5. The second-order valence-electron chi connectivity index (χ2n) is 3.89. The van der Waals surface area contributed by atoms with Crippen molar-refractivity contribution in [2.45, 2.75) is 39.2 Å². The zero-order valence-electron chi connectivity index (χ0n) is 9.83. The van der Waals surface area contributed by atoms with Crippen LogP contribution in [0.15, 0.2) is 6.07 Å². The van der Waals surface area contributed by atoms with Gasteiger partial charge >= 0.3 is 0 Å². The Morgan fingerprint density at radius 3 is 2.82 bits per heavy atom. The van der Waals surface area contributed by atoms with Crippen LogP contribution in [0.25, 0.3) is 0 Å². The highest BCUT2D eigenvalue weighted by Gasteiger charge is 2.15. The normalized spacial score (nSPS) is 12.2. The molecule has 1 heterocycles. The molecule has 0 saturated carbocycles. The van der Waals surface area contributed by atoms with Gasteiger partial charge in [-0.1, -0.05) is 43.0 Å². The zero-order chi connectivity index (χ0) is 12.8. The van der Waals surface area contributed by atoms with Crippen molar-refractivity contribution in [2.75, 3.05) is 0 Å². The fourth-order valence-electron chi connectivity index (χ4n) is 1.40. The third-order valence-corrected chi connectivity index (χ3v) is 2.80. The summed E-state index contributed by atoms with van der Waals surface area (Å²) >= 11 is 11.5. The van der Waals surface area contributed by atoms with Crippen molar-refractivity contribution in [1.82, 2.24) is 15.5 Å². The average molecular weight is 276 g/mol. The molecule has 1 rings (SSSR count). The highest BCUT2D eigenvalue weighted by molar-refractivity contribution is 6.34. The van der Waals surface area contributed by atoms with E-state index in [1.54, 1.807) is 0 Å². The fourth-order valence-corrected chi connectivity index (χ4v) is 1.72. The molecule has 0 aromatic carbocycles. The molecule has 0 spiro atoms. The first-order chi connectivity index (χ1) is 8.04. The van der Waals surface area contributed by atoms with Crippen LogP contribution < -0.4 is 5.32 Å². The van der Waals surface area contributed by atoms with Crippen molar-refractivity contribution in [3.8, 4) is 0 Å². The maximum absolute atomic E-state index is 11.9. The predicted molar refractivity (Wildman–Crippen MR) is 68.5 cm³/mol. The maximum Gasteiger partial charge on any atom is 0.254 e. The van der Waals surface area contributed by atoms with E-state index in [1.807, 2.05) is 6.92 Å². The predicted octanol–water partition coefficient (Wildman–Crippen LogP) is 3.09. The van der Waals surface area contributed by atoms with E-state index >= 15 is 0 Å². The van der Waals surface area contributed by atoms with E-state index in [0.717, 1.165) is 19.3 Å². The van der Waals surface area contributed by atoms with E-state index in [9.17, 15) is 4.79 Å². The van der Waals surface area contributed by atoms with E-state index in [4.69, 9.17) is 23.2 Å². The first-order valence-electron chi connectivity index (χ1n) is 5.54. The summed E-state index contributed by atoms with van der Waals surface area (Å²) in [4.78, 5) is 11.9. The van der Waals surface area contributed by atoms with Crippen LogP contribution in [0, 0.1) is 0 Å². The average Bonchev–Trinajstić information content (AvgIpc) is 2.29. The number of aromatic nitrogens is 2. The molecule has 0 bridgehead atoms. The largest absolute Gasteiger partial charge is 0.349 e. The lowest BCUT2D eigenvalue weighted by molar-refractivity contribution is 0.0937. The number of amides is 1. The van der Waals surface area contributed by atoms with E-state index in [1.165, 1.54) is 6.07 Å². The molecule has 6 heteroatoms. The standard InChI is InChI=1S/C11H15Cl2N3O/c1-3-4-5-7(2)14-11(17)8-6-9(12)15-16-10(8)13/h6-7H,3-5H2,1-2H3,(H,14,17). The molecular formula is C11H15Cl2N3O. The second kappa shape index (κ2) is 6.77. The number of hydrogen-bond acceptors (Lipinski definition) is 3. The van der Waals surface area contributed by atoms with Gasteiger partial charge in [0.25, 0.3) is 5.91 Å². The monoisotopic (exact) mass is 275 g/mol. The van der Waals surface area contributed by atoms with Crippen LogP contribution in [-0.2, 0) is 0 Å². The Morgan fingerprint density at radius 1 is 1.47 bits per heavy atom. The molecule has 1 aromatic heterocycles. The number of unbranched alkanes of at least 4 members (excludes halogenated alkanes) is 1. The van der Waals surface area contributed by atoms with Crippen molar-refractivity contribution in [3.05, 3.63) is 21.9 Å². The van der Waals surface area contributed by atoms with E-state index < -0.39 is 0 Å². The van der Waals surface area contributed by atoms with Crippen molar-refractivity contribution in [2.24, 2.45) is 0 Å². The van der Waals surface area contributed by atoms with Gasteiger partial charge in [0.2, 0.25) is 0 Å². The van der Waals surface area contributed by atoms with Gasteiger partial charge in [0.15, 0.2) is 10.3 Å². The van der Waals surface area contributed by atoms with Crippen LogP contribution in [0.5, 0.6) is 0 Å². The molecule has 1 unspecified atom stereocenters. The van der Waals surface area contributed by atoms with Gasteiger partial charge in [0.1, 0.15) is 0 Å². The third-order valence-electron chi connectivity index (χ3n) is 2.33. The molecule has 0 aliphatic carbocycles. The molecule has 0 aliphatic rings. The first-order valence-corrected chi connectivity index (χ1v) is 6.29. The molecule has 0 saturated heterocycles. The molecule has 1 aromatic rings. The molecule has 0 radical (unpaired) electrons. The van der Waals surface area contributed by atoms with Crippen LogP contribution in [0.4, 0.5) is 0 Å². The molecule has 94 valence electrons. The molecule has 1 amide bonds. The molecule has 1 atom stereocenters. The van der Waals surface area contributed by atoms with Gasteiger partial charge < -0.3 is 5.32 Å². The van der Waals surface area contributed by atoms with Gasteiger partial charge in [-0.05, 0) is 19.4 Å². The number of carbonyl (C=O) groups excluding carboxylic acids is 1. The van der Waals surface area contributed by atoms with E-state index in [-0.39, 0.29) is 27.8 Å². The summed E-state index contributed by atoms with van der Waals surface area (Å²) < 4.78 is 0. The molecule has 0 aliphatic heterocycles.